The molecule has 1 unspecified atom stereocenters. The van der Waals surface area contributed by atoms with E-state index < -0.39 is 0 Å². The zero-order valence-electron chi connectivity index (χ0n) is 16.8. The first-order valence-corrected chi connectivity index (χ1v) is 9.40. The quantitative estimate of drug-likeness (QED) is 0.442. The van der Waals surface area contributed by atoms with E-state index in [0.717, 1.165) is 17.9 Å². The van der Waals surface area contributed by atoms with Gasteiger partial charge in [-0.15, -0.1) is 0 Å². The highest BCUT2D eigenvalue weighted by Crippen LogP contribution is 2.13. The summed E-state index contributed by atoms with van der Waals surface area (Å²) in [5, 5.41) is 9.45. The molecule has 1 amide bonds. The minimum Gasteiger partial charge on any atom is -0.484 e. The summed E-state index contributed by atoms with van der Waals surface area (Å²) in [5.41, 5.74) is 1.07. The Hall–Kier alpha value is -2.24. The van der Waals surface area contributed by atoms with E-state index in [1.807, 2.05) is 31.2 Å². The number of hydrogen-bond donors (Lipinski definition) is 3. The molecule has 0 radical (unpaired) electrons. The number of carbonyl (C=O) groups excluding carboxylic acids is 1. The van der Waals surface area contributed by atoms with Gasteiger partial charge in [-0.05, 0) is 50.3 Å². The van der Waals surface area contributed by atoms with Crippen LogP contribution >= 0.6 is 0 Å². The second kappa shape index (κ2) is 12.2. The number of guanidine groups is 1. The Labute approximate surface area is 157 Å². The third-order valence-corrected chi connectivity index (χ3v) is 3.89. The van der Waals surface area contributed by atoms with Crippen molar-refractivity contribution in [1.29, 1.82) is 0 Å². The van der Waals surface area contributed by atoms with Gasteiger partial charge in [0, 0.05) is 26.2 Å². The average molecular weight is 363 g/mol. The van der Waals surface area contributed by atoms with Crippen LogP contribution in [0.3, 0.4) is 0 Å². The number of benzene rings is 1. The maximum absolute atomic E-state index is 11.5. The normalized spacial score (nSPS) is 12.6. The van der Waals surface area contributed by atoms with Crippen LogP contribution in [0.1, 0.15) is 46.1 Å². The Morgan fingerprint density at radius 1 is 1.19 bits per heavy atom. The van der Waals surface area contributed by atoms with E-state index in [9.17, 15) is 4.79 Å². The molecule has 6 nitrogen and oxygen atoms in total. The molecule has 146 valence electrons. The molecule has 0 aromatic heterocycles. The number of carbonyl (C=O) groups is 1. The molecule has 0 heterocycles. The molecule has 0 spiro atoms. The van der Waals surface area contributed by atoms with Crippen molar-refractivity contribution in [2.45, 2.75) is 53.1 Å². The fourth-order valence-corrected chi connectivity index (χ4v) is 2.41. The summed E-state index contributed by atoms with van der Waals surface area (Å²) < 4.78 is 5.53. The number of nitrogens with zero attached hydrogens (tertiary/aromatic N) is 1. The van der Waals surface area contributed by atoms with Gasteiger partial charge in [0.15, 0.2) is 12.6 Å². The summed E-state index contributed by atoms with van der Waals surface area (Å²) in [7, 11) is 1.77. The molecule has 26 heavy (non-hydrogen) atoms. The van der Waals surface area contributed by atoms with Gasteiger partial charge in [-0.1, -0.05) is 26.0 Å². The molecular weight excluding hydrogens is 328 g/mol. The monoisotopic (exact) mass is 362 g/mol. The average Bonchev–Trinajstić information content (AvgIpc) is 2.62. The Balaban J connectivity index is 2.47. The molecule has 1 aromatic rings. The number of aliphatic imine (C=N–C) groups is 1. The van der Waals surface area contributed by atoms with Crippen LogP contribution in [-0.4, -0.2) is 38.1 Å². The molecule has 0 bridgehead atoms. The van der Waals surface area contributed by atoms with Crippen molar-refractivity contribution in [3.05, 3.63) is 29.8 Å². The van der Waals surface area contributed by atoms with Crippen LogP contribution in [0.2, 0.25) is 0 Å². The lowest BCUT2D eigenvalue weighted by Gasteiger charge is -2.19. The van der Waals surface area contributed by atoms with Crippen LogP contribution < -0.4 is 20.7 Å². The van der Waals surface area contributed by atoms with E-state index in [4.69, 9.17) is 4.74 Å². The van der Waals surface area contributed by atoms with Crippen molar-refractivity contribution in [2.75, 3.05) is 20.2 Å². The number of hydrogen-bond acceptors (Lipinski definition) is 3. The van der Waals surface area contributed by atoms with Crippen molar-refractivity contribution < 1.29 is 9.53 Å². The van der Waals surface area contributed by atoms with Crippen molar-refractivity contribution in [2.24, 2.45) is 10.9 Å². The van der Waals surface area contributed by atoms with Gasteiger partial charge in [-0.3, -0.25) is 9.79 Å². The number of amides is 1. The van der Waals surface area contributed by atoms with Crippen molar-refractivity contribution >= 4 is 11.9 Å². The van der Waals surface area contributed by atoms with Gasteiger partial charge < -0.3 is 20.7 Å². The minimum atomic E-state index is -0.115. The molecule has 1 atom stereocenters. The molecular formula is C20H34N4O2. The first-order valence-electron chi connectivity index (χ1n) is 9.40. The van der Waals surface area contributed by atoms with Crippen LogP contribution in [0.4, 0.5) is 0 Å². The molecule has 0 saturated carbocycles. The van der Waals surface area contributed by atoms with Gasteiger partial charge >= 0.3 is 0 Å². The third kappa shape index (κ3) is 9.30. The maximum Gasteiger partial charge on any atom is 0.257 e. The standard InChI is InChI=1S/C20H34N4O2/c1-6-22-19(25)14-26-18-9-7-8-17(12-18)13-23-20(21-5)24-16(4)11-10-15(2)3/h7-9,12,15-16H,6,10-11,13-14H2,1-5H3,(H,22,25)(H2,21,23,24). The number of likely N-dealkylation sites (N-methyl/N-ethyl adjacent to an activating group) is 1. The predicted octanol–water partition coefficient (Wildman–Crippen LogP) is 2.69. The SMILES string of the molecule is CCNC(=O)COc1cccc(CNC(=NC)NC(C)CCC(C)C)c1. The lowest BCUT2D eigenvalue weighted by atomic mass is 10.0. The van der Waals surface area contributed by atoms with E-state index in [1.54, 1.807) is 7.05 Å². The zero-order valence-corrected chi connectivity index (χ0v) is 16.8. The fraction of sp³-hybridized carbons (Fsp3) is 0.600. The van der Waals surface area contributed by atoms with Crippen LogP contribution in [0.5, 0.6) is 5.75 Å². The number of ether oxygens (including phenoxy) is 1. The van der Waals surface area contributed by atoms with E-state index in [0.29, 0.717) is 30.8 Å². The van der Waals surface area contributed by atoms with Crippen LogP contribution in [0.25, 0.3) is 0 Å². The summed E-state index contributed by atoms with van der Waals surface area (Å²) in [5.74, 6) is 2.06. The molecule has 1 aromatic carbocycles. The molecule has 0 aliphatic heterocycles. The summed E-state index contributed by atoms with van der Waals surface area (Å²) in [6.07, 6.45) is 2.30. The summed E-state index contributed by atoms with van der Waals surface area (Å²) >= 11 is 0. The second-order valence-corrected chi connectivity index (χ2v) is 6.83. The van der Waals surface area contributed by atoms with Gasteiger partial charge in [0.2, 0.25) is 0 Å². The van der Waals surface area contributed by atoms with Gasteiger partial charge in [0.25, 0.3) is 5.91 Å². The van der Waals surface area contributed by atoms with Crippen molar-refractivity contribution in [3.63, 3.8) is 0 Å². The highest BCUT2D eigenvalue weighted by molar-refractivity contribution is 5.80. The van der Waals surface area contributed by atoms with E-state index in [-0.39, 0.29) is 12.5 Å². The van der Waals surface area contributed by atoms with Crippen LogP contribution in [0.15, 0.2) is 29.3 Å². The van der Waals surface area contributed by atoms with Gasteiger partial charge in [0.1, 0.15) is 5.75 Å². The second-order valence-electron chi connectivity index (χ2n) is 6.83. The van der Waals surface area contributed by atoms with Gasteiger partial charge in [0.05, 0.1) is 0 Å². The Kier molecular flexibility index (Phi) is 10.2. The summed E-state index contributed by atoms with van der Waals surface area (Å²) in [4.78, 5) is 15.8. The van der Waals surface area contributed by atoms with Crippen molar-refractivity contribution in [3.8, 4) is 5.75 Å². The largest absolute Gasteiger partial charge is 0.484 e. The molecule has 0 saturated heterocycles. The molecule has 0 fully saturated rings. The Morgan fingerprint density at radius 2 is 1.96 bits per heavy atom. The van der Waals surface area contributed by atoms with Gasteiger partial charge in [-0.2, -0.15) is 0 Å². The van der Waals surface area contributed by atoms with Gasteiger partial charge in [-0.25, -0.2) is 0 Å². The molecule has 1 rings (SSSR count). The third-order valence-electron chi connectivity index (χ3n) is 3.89. The molecule has 0 aliphatic rings. The number of nitrogens with one attached hydrogen (secondary N) is 3. The smallest absolute Gasteiger partial charge is 0.257 e. The maximum atomic E-state index is 11.5. The lowest BCUT2D eigenvalue weighted by Crippen LogP contribution is -2.41. The summed E-state index contributed by atoms with van der Waals surface area (Å²) in [6, 6.07) is 8.09. The highest BCUT2D eigenvalue weighted by atomic mass is 16.5. The molecule has 6 heteroatoms. The minimum absolute atomic E-state index is 0.0291. The van der Waals surface area contributed by atoms with Crippen molar-refractivity contribution in [1.82, 2.24) is 16.0 Å². The van der Waals surface area contributed by atoms with E-state index in [2.05, 4.69) is 41.7 Å². The topological polar surface area (TPSA) is 74.8 Å². The first-order chi connectivity index (χ1) is 12.4. The Bertz CT molecular complexity index is 573. The number of rotatable bonds is 10. The highest BCUT2D eigenvalue weighted by Gasteiger charge is 2.07. The lowest BCUT2D eigenvalue weighted by molar-refractivity contribution is -0.122. The van der Waals surface area contributed by atoms with E-state index >= 15 is 0 Å². The predicted molar refractivity (Wildman–Crippen MR) is 107 cm³/mol. The zero-order chi connectivity index (χ0) is 19.4. The van der Waals surface area contributed by atoms with E-state index in [1.165, 1.54) is 6.42 Å². The molecule has 3 N–H and O–H groups in total. The summed E-state index contributed by atoms with van der Waals surface area (Å²) in [6.45, 7) is 9.80. The fourth-order valence-electron chi connectivity index (χ4n) is 2.41. The Morgan fingerprint density at radius 3 is 2.62 bits per heavy atom. The van der Waals surface area contributed by atoms with Crippen LogP contribution in [-0.2, 0) is 11.3 Å². The first kappa shape index (κ1) is 21.8. The van der Waals surface area contributed by atoms with Crippen LogP contribution in [0, 0.1) is 5.92 Å². The molecule has 0 aliphatic carbocycles.